The molecule has 0 unspecified atom stereocenters. The number of amides is 1. The Morgan fingerprint density at radius 2 is 2.18 bits per heavy atom. The van der Waals surface area contributed by atoms with E-state index in [2.05, 4.69) is 9.82 Å². The van der Waals surface area contributed by atoms with Gasteiger partial charge in [-0.1, -0.05) is 6.07 Å². The van der Waals surface area contributed by atoms with Crippen LogP contribution in [0, 0.1) is 0 Å². The van der Waals surface area contributed by atoms with Gasteiger partial charge < -0.3 is 10.0 Å². The fourth-order valence-corrected chi connectivity index (χ4v) is 4.30. The first-order chi connectivity index (χ1) is 13.3. The maximum Gasteiger partial charge on any atom is 0.240 e. The molecule has 1 aromatic carbocycles. The Hall–Kier alpha value is -2.23. The zero-order valence-corrected chi connectivity index (χ0v) is 16.7. The number of nitrogens with one attached hydrogen (secondary N) is 1. The van der Waals surface area contributed by atoms with Crippen LogP contribution in [0.2, 0.25) is 0 Å². The van der Waals surface area contributed by atoms with Crippen molar-refractivity contribution >= 4 is 15.9 Å². The second-order valence-corrected chi connectivity index (χ2v) is 8.82. The topological polar surface area (TPSA) is 105 Å². The molecule has 0 saturated heterocycles. The molecule has 9 heteroatoms. The number of carbonyl (C=O) groups is 1. The summed E-state index contributed by atoms with van der Waals surface area (Å²) in [5.41, 5.74) is 1.93. The van der Waals surface area contributed by atoms with E-state index >= 15 is 0 Å². The molecular weight excluding hydrogens is 380 g/mol. The van der Waals surface area contributed by atoms with Crippen LogP contribution in [0.5, 0.6) is 0 Å². The van der Waals surface area contributed by atoms with Crippen molar-refractivity contribution in [1.82, 2.24) is 19.4 Å². The largest absolute Gasteiger partial charge is 0.393 e. The van der Waals surface area contributed by atoms with Crippen molar-refractivity contribution in [3.8, 4) is 0 Å². The van der Waals surface area contributed by atoms with Gasteiger partial charge in [0.2, 0.25) is 15.9 Å². The summed E-state index contributed by atoms with van der Waals surface area (Å²) in [6, 6.07) is 6.88. The van der Waals surface area contributed by atoms with Crippen molar-refractivity contribution in [2.45, 2.75) is 50.3 Å². The molecule has 2 aromatic rings. The predicted molar refractivity (Wildman–Crippen MR) is 104 cm³/mol. The van der Waals surface area contributed by atoms with Crippen molar-refractivity contribution in [1.29, 1.82) is 0 Å². The number of hydrogen-bond donors (Lipinski definition) is 2. The maximum absolute atomic E-state index is 12.5. The molecule has 2 N–H and O–H groups in total. The quantitative estimate of drug-likeness (QED) is 0.678. The number of nitrogens with zero attached hydrogens (tertiary/aromatic N) is 3. The minimum atomic E-state index is -3.64. The van der Waals surface area contributed by atoms with Gasteiger partial charge in [0, 0.05) is 45.0 Å². The summed E-state index contributed by atoms with van der Waals surface area (Å²) in [5.74, 6) is 0.0319. The third-order valence-corrected chi connectivity index (χ3v) is 6.28. The van der Waals surface area contributed by atoms with Gasteiger partial charge in [-0.25, -0.2) is 13.1 Å². The van der Waals surface area contributed by atoms with Gasteiger partial charge in [-0.2, -0.15) is 5.10 Å². The molecule has 0 fully saturated rings. The molecule has 0 radical (unpaired) electrons. The first-order valence-electron chi connectivity index (χ1n) is 9.40. The van der Waals surface area contributed by atoms with Crippen molar-refractivity contribution < 1.29 is 18.3 Å². The van der Waals surface area contributed by atoms with E-state index in [4.69, 9.17) is 0 Å². The number of aryl methyl sites for hydroxylation is 1. The van der Waals surface area contributed by atoms with Crippen LogP contribution in [0.1, 0.15) is 30.9 Å². The number of aromatic nitrogens is 2. The highest BCUT2D eigenvalue weighted by molar-refractivity contribution is 7.89. The van der Waals surface area contributed by atoms with Crippen LogP contribution in [0.3, 0.4) is 0 Å². The second-order valence-electron chi connectivity index (χ2n) is 7.05. The van der Waals surface area contributed by atoms with Crippen molar-refractivity contribution in [3.05, 3.63) is 47.8 Å². The molecule has 1 aliphatic rings. The highest BCUT2D eigenvalue weighted by Crippen LogP contribution is 2.23. The molecule has 152 valence electrons. The first-order valence-corrected chi connectivity index (χ1v) is 10.9. The summed E-state index contributed by atoms with van der Waals surface area (Å²) in [6.07, 6.45) is 4.35. The Bertz CT molecular complexity index is 910. The molecule has 1 amide bonds. The highest BCUT2D eigenvalue weighted by Gasteiger charge is 2.23. The van der Waals surface area contributed by atoms with Crippen molar-refractivity contribution in [3.63, 3.8) is 0 Å². The van der Waals surface area contributed by atoms with E-state index in [1.54, 1.807) is 34.8 Å². The summed E-state index contributed by atoms with van der Waals surface area (Å²) >= 11 is 0. The second kappa shape index (κ2) is 8.85. The molecule has 0 spiro atoms. The first kappa shape index (κ1) is 20.5. The smallest absolute Gasteiger partial charge is 0.240 e. The monoisotopic (exact) mass is 406 g/mol. The van der Waals surface area contributed by atoms with Gasteiger partial charge in [0.25, 0.3) is 0 Å². The van der Waals surface area contributed by atoms with Gasteiger partial charge in [-0.15, -0.1) is 0 Å². The third kappa shape index (κ3) is 5.18. The third-order valence-electron chi connectivity index (χ3n) is 4.82. The van der Waals surface area contributed by atoms with E-state index in [0.29, 0.717) is 38.9 Å². The molecule has 3 rings (SSSR count). The fraction of sp³-hybridized carbons (Fsp3) is 0.474. The van der Waals surface area contributed by atoms with Crippen LogP contribution in [0.25, 0.3) is 0 Å². The molecular formula is C19H26N4O4S. The SMILES string of the molecule is C[C@@H](O)CCNS(=O)(=O)c1ccc2c(c1)CN(C(=O)CCn1cccn1)CC2. The Balaban J connectivity index is 1.65. The highest BCUT2D eigenvalue weighted by atomic mass is 32.2. The van der Waals surface area contributed by atoms with E-state index in [0.717, 1.165) is 11.1 Å². The van der Waals surface area contributed by atoms with Gasteiger partial charge in [-0.05, 0) is 49.1 Å². The number of aliphatic hydroxyl groups is 1. The molecule has 8 nitrogen and oxygen atoms in total. The van der Waals surface area contributed by atoms with Gasteiger partial charge >= 0.3 is 0 Å². The normalized spacial score (nSPS) is 15.3. The molecule has 28 heavy (non-hydrogen) atoms. The lowest BCUT2D eigenvalue weighted by Crippen LogP contribution is -2.36. The maximum atomic E-state index is 12.5. The minimum absolute atomic E-state index is 0.0319. The Morgan fingerprint density at radius 1 is 1.36 bits per heavy atom. The molecule has 0 saturated carbocycles. The van der Waals surface area contributed by atoms with Gasteiger partial charge in [-0.3, -0.25) is 9.48 Å². The van der Waals surface area contributed by atoms with Gasteiger partial charge in [0.1, 0.15) is 0 Å². The van der Waals surface area contributed by atoms with E-state index in [1.807, 2.05) is 18.3 Å². The lowest BCUT2D eigenvalue weighted by Gasteiger charge is -2.29. The summed E-state index contributed by atoms with van der Waals surface area (Å²) in [5, 5.41) is 13.4. The van der Waals surface area contributed by atoms with Crippen molar-refractivity contribution in [2.24, 2.45) is 0 Å². The number of aliphatic hydroxyl groups excluding tert-OH is 1. The number of fused-ring (bicyclic) bond motifs is 1. The lowest BCUT2D eigenvalue weighted by molar-refractivity contribution is -0.132. The summed E-state index contributed by atoms with van der Waals surface area (Å²) in [7, 11) is -3.64. The number of rotatable bonds is 8. The van der Waals surface area contributed by atoms with Crippen LogP contribution in [0.4, 0.5) is 0 Å². The fourth-order valence-electron chi connectivity index (χ4n) is 3.20. The molecule has 0 aliphatic carbocycles. The van der Waals surface area contributed by atoms with Crippen molar-refractivity contribution in [2.75, 3.05) is 13.1 Å². The average molecular weight is 407 g/mol. The van der Waals surface area contributed by atoms with Crippen LogP contribution in [0.15, 0.2) is 41.6 Å². The molecule has 1 aliphatic heterocycles. The van der Waals surface area contributed by atoms with Gasteiger partial charge in [0.15, 0.2) is 0 Å². The molecule has 1 atom stereocenters. The Morgan fingerprint density at radius 3 is 2.89 bits per heavy atom. The van der Waals surface area contributed by atoms with Crippen LogP contribution >= 0.6 is 0 Å². The summed E-state index contributed by atoms with van der Waals surface area (Å²) in [4.78, 5) is 14.5. The molecule has 1 aromatic heterocycles. The van der Waals surface area contributed by atoms with Crippen LogP contribution in [-0.2, 0) is 34.3 Å². The number of carbonyl (C=O) groups excluding carboxylic acids is 1. The van der Waals surface area contributed by atoms with E-state index < -0.39 is 16.1 Å². The number of sulfonamides is 1. The average Bonchev–Trinajstić information content (AvgIpc) is 3.18. The molecule has 2 heterocycles. The van der Waals surface area contributed by atoms with E-state index in [-0.39, 0.29) is 17.3 Å². The number of hydrogen-bond acceptors (Lipinski definition) is 5. The van der Waals surface area contributed by atoms with E-state index in [9.17, 15) is 18.3 Å². The van der Waals surface area contributed by atoms with Crippen LogP contribution in [-0.4, -0.2) is 53.3 Å². The minimum Gasteiger partial charge on any atom is -0.393 e. The van der Waals surface area contributed by atoms with Gasteiger partial charge in [0.05, 0.1) is 11.0 Å². The standard InChI is InChI=1S/C19H26N4O4S/c1-15(24)5-9-21-28(26,27)18-4-3-16-6-11-22(14-17(16)13-18)19(25)7-12-23-10-2-8-20-23/h2-4,8,10,13,15,21,24H,5-7,9,11-12,14H2,1H3/t15-/m1/s1. The lowest BCUT2D eigenvalue weighted by atomic mass is 9.99. The summed E-state index contributed by atoms with van der Waals surface area (Å²) < 4.78 is 29.2. The zero-order chi connectivity index (χ0) is 20.1. The zero-order valence-electron chi connectivity index (χ0n) is 15.9. The predicted octanol–water partition coefficient (Wildman–Crippen LogP) is 0.907. The number of benzene rings is 1. The molecule has 0 bridgehead atoms. The van der Waals surface area contributed by atoms with E-state index in [1.165, 1.54) is 0 Å². The Labute approximate surface area is 165 Å². The van der Waals surface area contributed by atoms with Crippen LogP contribution < -0.4 is 4.72 Å². The summed E-state index contributed by atoms with van der Waals surface area (Å²) in [6.45, 7) is 3.35. The Kier molecular flexibility index (Phi) is 6.48.